The van der Waals surface area contributed by atoms with Gasteiger partial charge in [-0.3, -0.25) is 0 Å². The molecule has 0 saturated carbocycles. The van der Waals surface area contributed by atoms with Crippen molar-refractivity contribution in [3.8, 4) is 44.5 Å². The molecule has 77 heavy (non-hydrogen) atoms. The molecule has 14 rings (SSSR count). The maximum atomic E-state index is 2.48. The molecule has 0 atom stereocenters. The monoisotopic (exact) mass is 980 g/mol. The molecule has 0 N–H and O–H groups in total. The fourth-order valence-corrected chi connectivity index (χ4v) is 12.1. The van der Waals surface area contributed by atoms with Gasteiger partial charge in [-0.1, -0.05) is 243 Å². The normalized spacial score (nSPS) is 12.3. The van der Waals surface area contributed by atoms with Crippen molar-refractivity contribution in [1.29, 1.82) is 0 Å². The fourth-order valence-electron chi connectivity index (χ4n) is 12.1. The second kappa shape index (κ2) is 19.4. The lowest BCUT2D eigenvalue weighted by Gasteiger charge is -2.35. The molecule has 0 unspecified atom stereocenters. The van der Waals surface area contributed by atoms with E-state index in [-0.39, 0.29) is 0 Å². The van der Waals surface area contributed by atoms with Crippen LogP contribution in [-0.2, 0) is 5.41 Å². The van der Waals surface area contributed by atoms with Crippen LogP contribution in [0.5, 0.6) is 0 Å². The molecule has 0 aliphatic heterocycles. The van der Waals surface area contributed by atoms with Gasteiger partial charge in [0.2, 0.25) is 0 Å². The first-order valence-electron chi connectivity index (χ1n) is 26.6. The first-order chi connectivity index (χ1) is 38.2. The minimum absolute atomic E-state index is 0.541. The van der Waals surface area contributed by atoms with Crippen LogP contribution in [0.4, 0.5) is 34.1 Å². The van der Waals surface area contributed by atoms with Crippen LogP contribution in [0.3, 0.4) is 0 Å². The van der Waals surface area contributed by atoms with E-state index in [0.717, 1.165) is 45.3 Å². The molecule has 1 aliphatic rings. The van der Waals surface area contributed by atoms with E-state index in [0.29, 0.717) is 0 Å². The van der Waals surface area contributed by atoms with Gasteiger partial charge in [-0.05, 0) is 156 Å². The molecule has 2 nitrogen and oxygen atoms in total. The van der Waals surface area contributed by atoms with Crippen LogP contribution in [0.15, 0.2) is 315 Å². The van der Waals surface area contributed by atoms with Gasteiger partial charge in [0.25, 0.3) is 0 Å². The van der Waals surface area contributed by atoms with Gasteiger partial charge in [0.15, 0.2) is 0 Å². The number of rotatable bonds is 11. The molecule has 362 valence electrons. The molecule has 0 saturated heterocycles. The van der Waals surface area contributed by atoms with Crippen molar-refractivity contribution in [3.63, 3.8) is 0 Å². The largest absolute Gasteiger partial charge is 0.310 e. The van der Waals surface area contributed by atoms with Crippen molar-refractivity contribution < 1.29 is 0 Å². The number of fused-ring (bicyclic) bond motifs is 5. The van der Waals surface area contributed by atoms with Crippen molar-refractivity contribution in [2.75, 3.05) is 9.80 Å². The highest BCUT2D eigenvalue weighted by Crippen LogP contribution is 2.57. The second-order valence-corrected chi connectivity index (χ2v) is 20.0. The van der Waals surface area contributed by atoms with E-state index in [1.54, 1.807) is 0 Å². The summed E-state index contributed by atoms with van der Waals surface area (Å²) < 4.78 is 0. The molecule has 0 heterocycles. The summed E-state index contributed by atoms with van der Waals surface area (Å²) >= 11 is 0. The van der Waals surface area contributed by atoms with Crippen molar-refractivity contribution in [2.24, 2.45) is 0 Å². The minimum atomic E-state index is -0.541. The van der Waals surface area contributed by atoms with Crippen LogP contribution >= 0.6 is 0 Å². The Hall–Kier alpha value is -10.0. The SMILES string of the molecule is c1ccc(-c2cc3ccccc3cc2N(c2ccc(-c3ccc(-c4ccc(N(c5ccccc5)c5ccc6ccccc6c5)cc4)cc3)cc2)c2ccc3c(c2)C(c2ccccc2)(c2ccccc2)c2ccccc2-3)cc1. The van der Waals surface area contributed by atoms with E-state index in [4.69, 9.17) is 0 Å². The van der Waals surface area contributed by atoms with Crippen molar-refractivity contribution in [3.05, 3.63) is 338 Å². The van der Waals surface area contributed by atoms with E-state index in [2.05, 4.69) is 325 Å². The number of anilines is 6. The predicted molar refractivity (Wildman–Crippen MR) is 324 cm³/mol. The average Bonchev–Trinajstić information content (AvgIpc) is 4.06. The van der Waals surface area contributed by atoms with Gasteiger partial charge in [-0.15, -0.1) is 0 Å². The number of hydrogen-bond acceptors (Lipinski definition) is 2. The zero-order valence-corrected chi connectivity index (χ0v) is 42.4. The Morgan fingerprint density at radius 1 is 0.208 bits per heavy atom. The smallest absolute Gasteiger partial charge is 0.0714 e. The van der Waals surface area contributed by atoms with E-state index < -0.39 is 5.41 Å². The topological polar surface area (TPSA) is 6.48 Å². The summed E-state index contributed by atoms with van der Waals surface area (Å²) in [4.78, 5) is 4.81. The Bertz CT molecular complexity index is 4190. The molecule has 1 aliphatic carbocycles. The Kier molecular flexibility index (Phi) is 11.5. The van der Waals surface area contributed by atoms with Gasteiger partial charge in [0.05, 0.1) is 11.1 Å². The van der Waals surface area contributed by atoms with Crippen molar-refractivity contribution >= 4 is 55.7 Å². The molecule has 2 heteroatoms. The van der Waals surface area contributed by atoms with Crippen LogP contribution in [0, 0.1) is 0 Å². The molecule has 13 aromatic rings. The highest BCUT2D eigenvalue weighted by molar-refractivity contribution is 5.99. The quantitative estimate of drug-likeness (QED) is 0.127. The maximum absolute atomic E-state index is 2.48. The van der Waals surface area contributed by atoms with Gasteiger partial charge in [-0.25, -0.2) is 0 Å². The average molecular weight is 981 g/mol. The molecule has 0 amide bonds. The van der Waals surface area contributed by atoms with Gasteiger partial charge in [0, 0.05) is 34.0 Å². The fraction of sp³-hybridized carbons (Fsp3) is 0.0133. The van der Waals surface area contributed by atoms with Crippen LogP contribution < -0.4 is 9.80 Å². The third-order valence-corrected chi connectivity index (χ3v) is 15.7. The minimum Gasteiger partial charge on any atom is -0.310 e. The number of para-hydroxylation sites is 1. The first-order valence-corrected chi connectivity index (χ1v) is 26.6. The van der Waals surface area contributed by atoms with E-state index in [1.165, 1.54) is 77.2 Å². The van der Waals surface area contributed by atoms with Gasteiger partial charge >= 0.3 is 0 Å². The Balaban J connectivity index is 0.856. The van der Waals surface area contributed by atoms with Gasteiger partial charge < -0.3 is 9.80 Å². The lowest BCUT2D eigenvalue weighted by molar-refractivity contribution is 0.768. The third kappa shape index (κ3) is 8.07. The summed E-state index contributed by atoms with van der Waals surface area (Å²) in [6.07, 6.45) is 0. The number of hydrogen-bond donors (Lipinski definition) is 0. The zero-order valence-electron chi connectivity index (χ0n) is 42.4. The van der Waals surface area contributed by atoms with Gasteiger partial charge in [-0.2, -0.15) is 0 Å². The van der Waals surface area contributed by atoms with Crippen molar-refractivity contribution in [1.82, 2.24) is 0 Å². The van der Waals surface area contributed by atoms with Crippen LogP contribution in [0.2, 0.25) is 0 Å². The van der Waals surface area contributed by atoms with Crippen LogP contribution in [0.1, 0.15) is 22.3 Å². The highest BCUT2D eigenvalue weighted by atomic mass is 15.1. The molecular formula is C75H52N2. The maximum Gasteiger partial charge on any atom is 0.0714 e. The summed E-state index contributed by atoms with van der Waals surface area (Å²) in [5.74, 6) is 0. The lowest BCUT2D eigenvalue weighted by atomic mass is 9.67. The molecule has 0 aromatic heterocycles. The van der Waals surface area contributed by atoms with Gasteiger partial charge in [0.1, 0.15) is 0 Å². The summed E-state index contributed by atoms with van der Waals surface area (Å²) in [6.45, 7) is 0. The number of benzene rings is 13. The summed E-state index contributed by atoms with van der Waals surface area (Å²) in [7, 11) is 0. The summed E-state index contributed by atoms with van der Waals surface area (Å²) in [5.41, 5.74) is 20.7. The Morgan fingerprint density at radius 2 is 0.610 bits per heavy atom. The second-order valence-electron chi connectivity index (χ2n) is 20.0. The lowest BCUT2D eigenvalue weighted by Crippen LogP contribution is -2.28. The molecule has 0 fully saturated rings. The molecular weight excluding hydrogens is 929 g/mol. The van der Waals surface area contributed by atoms with E-state index >= 15 is 0 Å². The Labute approximate surface area is 450 Å². The standard InChI is InChI=1S/C75H52N2/c1-5-20-58(21-6-1)71-50-60-23-15-16-24-61(60)51-74(71)77(68-47-48-70-69-31-17-18-32-72(69)75(73(70)52-68,62-25-7-2-8-26-62)63-27-9-3-10-28-63)66-44-39-57(40-45-66)55-35-33-54(34-36-55)56-37-42-65(43-38-56)76(64-29-11-4-12-30-64)67-46-41-53-19-13-14-22-59(53)49-67/h1-52H. The highest BCUT2D eigenvalue weighted by Gasteiger charge is 2.46. The molecule has 0 bridgehead atoms. The third-order valence-electron chi connectivity index (χ3n) is 15.7. The number of nitrogens with zero attached hydrogens (tertiary/aromatic N) is 2. The van der Waals surface area contributed by atoms with Crippen LogP contribution in [0.25, 0.3) is 66.1 Å². The first kappa shape index (κ1) is 45.6. The van der Waals surface area contributed by atoms with Crippen LogP contribution in [-0.4, -0.2) is 0 Å². The van der Waals surface area contributed by atoms with Crippen molar-refractivity contribution in [2.45, 2.75) is 5.41 Å². The predicted octanol–water partition coefficient (Wildman–Crippen LogP) is 20.3. The zero-order chi connectivity index (χ0) is 51.1. The summed E-state index contributed by atoms with van der Waals surface area (Å²) in [6, 6.07) is 116. The Morgan fingerprint density at radius 3 is 1.21 bits per heavy atom. The molecule has 0 radical (unpaired) electrons. The summed E-state index contributed by atoms with van der Waals surface area (Å²) in [5, 5.41) is 4.84. The molecule has 13 aromatic carbocycles. The molecule has 0 spiro atoms. The van der Waals surface area contributed by atoms with E-state index in [9.17, 15) is 0 Å². The van der Waals surface area contributed by atoms with E-state index in [1.807, 2.05) is 0 Å².